The molecule has 0 saturated carbocycles. The average Bonchev–Trinajstić information content (AvgIpc) is 2.93. The molecule has 0 fully saturated rings. The molecule has 2 N–H and O–H groups in total. The summed E-state index contributed by atoms with van der Waals surface area (Å²) in [7, 11) is 0. The van der Waals surface area contributed by atoms with Gasteiger partial charge in [-0.2, -0.15) is 13.2 Å². The van der Waals surface area contributed by atoms with Crippen LogP contribution < -0.4 is 5.32 Å². The predicted molar refractivity (Wildman–Crippen MR) is 68.2 cm³/mol. The summed E-state index contributed by atoms with van der Waals surface area (Å²) in [5, 5.41) is 2.84. The molecule has 0 aromatic carbocycles. The van der Waals surface area contributed by atoms with Crippen molar-refractivity contribution >= 4 is 17.0 Å². The molecule has 6 nitrogen and oxygen atoms in total. The van der Waals surface area contributed by atoms with Crippen molar-refractivity contribution in [2.24, 2.45) is 0 Å². The Kier molecular flexibility index (Phi) is 3.16. The lowest BCUT2D eigenvalue weighted by Gasteiger charge is -2.09. The van der Waals surface area contributed by atoms with E-state index in [-0.39, 0.29) is 18.0 Å². The molecule has 9 heteroatoms. The molecule has 0 aliphatic carbocycles. The summed E-state index contributed by atoms with van der Waals surface area (Å²) < 4.78 is 38.3. The van der Waals surface area contributed by atoms with Crippen LogP contribution in [0.3, 0.4) is 0 Å². The second kappa shape index (κ2) is 5.00. The van der Waals surface area contributed by atoms with Gasteiger partial charge < -0.3 is 10.3 Å². The van der Waals surface area contributed by atoms with Crippen molar-refractivity contribution in [2.75, 3.05) is 5.32 Å². The number of aromatic nitrogens is 5. The van der Waals surface area contributed by atoms with Gasteiger partial charge in [0.15, 0.2) is 11.5 Å². The SMILES string of the molecule is FC(F)(F)c1nc(NCc2cccnc2)c2[nH]cnc2n1. The van der Waals surface area contributed by atoms with Gasteiger partial charge in [0.1, 0.15) is 5.52 Å². The molecule has 108 valence electrons. The third-order valence-corrected chi connectivity index (χ3v) is 2.72. The Hall–Kier alpha value is -2.71. The molecule has 3 heterocycles. The average molecular weight is 294 g/mol. The van der Waals surface area contributed by atoms with Gasteiger partial charge >= 0.3 is 6.18 Å². The Morgan fingerprint density at radius 2 is 2.10 bits per heavy atom. The van der Waals surface area contributed by atoms with E-state index >= 15 is 0 Å². The maximum Gasteiger partial charge on any atom is 0.451 e. The molecule has 0 unspecified atom stereocenters. The first-order valence-electron chi connectivity index (χ1n) is 5.95. The van der Waals surface area contributed by atoms with Crippen LogP contribution in [-0.2, 0) is 12.7 Å². The zero-order valence-electron chi connectivity index (χ0n) is 10.5. The van der Waals surface area contributed by atoms with Gasteiger partial charge in [-0.05, 0) is 11.6 Å². The highest BCUT2D eigenvalue weighted by Gasteiger charge is 2.36. The molecule has 0 aliphatic heterocycles. The number of hydrogen-bond donors (Lipinski definition) is 2. The molecular weight excluding hydrogens is 285 g/mol. The molecule has 0 atom stereocenters. The number of rotatable bonds is 3. The summed E-state index contributed by atoms with van der Waals surface area (Å²) in [4.78, 5) is 17.3. The fourth-order valence-electron chi connectivity index (χ4n) is 1.78. The number of nitrogens with one attached hydrogen (secondary N) is 2. The highest BCUT2D eigenvalue weighted by molar-refractivity contribution is 5.82. The van der Waals surface area contributed by atoms with Crippen molar-refractivity contribution in [1.82, 2.24) is 24.9 Å². The summed E-state index contributed by atoms with van der Waals surface area (Å²) in [6.45, 7) is 0.288. The molecule has 0 radical (unpaired) electrons. The van der Waals surface area contributed by atoms with Crippen molar-refractivity contribution in [3.05, 3.63) is 42.2 Å². The molecule has 3 rings (SSSR count). The van der Waals surface area contributed by atoms with Crippen LogP contribution in [0.2, 0.25) is 0 Å². The summed E-state index contributed by atoms with van der Waals surface area (Å²) in [6.07, 6.45) is -0.126. The first kappa shape index (κ1) is 13.3. The maximum atomic E-state index is 12.8. The standard InChI is InChI=1S/C12H9F3N6/c13-12(14,15)11-20-9(8-10(21-11)19-6-18-8)17-5-7-2-1-3-16-4-7/h1-4,6H,5H2,(H2,17,18,19,20,21). The minimum absolute atomic E-state index is 0.0361. The monoisotopic (exact) mass is 294 g/mol. The Labute approximate surface area is 116 Å². The van der Waals surface area contributed by atoms with E-state index in [9.17, 15) is 13.2 Å². The van der Waals surface area contributed by atoms with Gasteiger partial charge in [0.25, 0.3) is 0 Å². The van der Waals surface area contributed by atoms with Gasteiger partial charge in [0.2, 0.25) is 5.82 Å². The summed E-state index contributed by atoms with van der Waals surface area (Å²) in [6, 6.07) is 3.54. The molecule has 21 heavy (non-hydrogen) atoms. The minimum atomic E-state index is -4.63. The van der Waals surface area contributed by atoms with Gasteiger partial charge in [-0.25, -0.2) is 15.0 Å². The normalized spacial score (nSPS) is 11.8. The molecule has 0 bridgehead atoms. The van der Waals surface area contributed by atoms with E-state index < -0.39 is 12.0 Å². The number of aromatic amines is 1. The Balaban J connectivity index is 1.95. The third kappa shape index (κ3) is 2.76. The molecule has 0 aliphatic rings. The van der Waals surface area contributed by atoms with Crippen LogP contribution >= 0.6 is 0 Å². The molecule has 0 spiro atoms. The Morgan fingerprint density at radius 3 is 2.81 bits per heavy atom. The zero-order valence-corrected chi connectivity index (χ0v) is 10.5. The fraction of sp³-hybridized carbons (Fsp3) is 0.167. The quantitative estimate of drug-likeness (QED) is 0.775. The first-order valence-corrected chi connectivity index (χ1v) is 5.95. The third-order valence-electron chi connectivity index (χ3n) is 2.72. The number of hydrogen-bond acceptors (Lipinski definition) is 5. The number of H-pyrrole nitrogens is 1. The van der Waals surface area contributed by atoms with Gasteiger partial charge in [-0.15, -0.1) is 0 Å². The van der Waals surface area contributed by atoms with Crippen LogP contribution in [0.1, 0.15) is 11.4 Å². The lowest BCUT2D eigenvalue weighted by molar-refractivity contribution is -0.144. The van der Waals surface area contributed by atoms with E-state index in [0.29, 0.717) is 5.52 Å². The maximum absolute atomic E-state index is 12.8. The Bertz CT molecular complexity index is 753. The van der Waals surface area contributed by atoms with Crippen molar-refractivity contribution in [3.63, 3.8) is 0 Å². The highest BCUT2D eigenvalue weighted by atomic mass is 19.4. The number of imidazole rings is 1. The van der Waals surface area contributed by atoms with Crippen molar-refractivity contribution < 1.29 is 13.2 Å². The lowest BCUT2D eigenvalue weighted by atomic mass is 10.3. The van der Waals surface area contributed by atoms with E-state index in [4.69, 9.17) is 0 Å². The number of alkyl halides is 3. The van der Waals surface area contributed by atoms with Crippen molar-refractivity contribution in [2.45, 2.75) is 12.7 Å². The number of anilines is 1. The zero-order chi connectivity index (χ0) is 14.9. The van der Waals surface area contributed by atoms with Crippen LogP contribution in [0.15, 0.2) is 30.9 Å². The molecule has 3 aromatic heterocycles. The highest BCUT2D eigenvalue weighted by Crippen LogP contribution is 2.29. The van der Waals surface area contributed by atoms with E-state index in [1.165, 1.54) is 6.33 Å². The number of fused-ring (bicyclic) bond motifs is 1. The molecule has 3 aromatic rings. The van der Waals surface area contributed by atoms with Crippen LogP contribution in [0.4, 0.5) is 19.0 Å². The number of halogens is 3. The van der Waals surface area contributed by atoms with Gasteiger partial charge in [0.05, 0.1) is 6.33 Å². The van der Waals surface area contributed by atoms with Gasteiger partial charge in [0, 0.05) is 18.9 Å². The summed E-state index contributed by atoms with van der Waals surface area (Å²) in [5.41, 5.74) is 1.11. The second-order valence-electron chi connectivity index (χ2n) is 4.21. The van der Waals surface area contributed by atoms with E-state index in [0.717, 1.165) is 5.56 Å². The smallest absolute Gasteiger partial charge is 0.364 e. The number of pyridine rings is 1. The van der Waals surface area contributed by atoms with Crippen molar-refractivity contribution in [1.29, 1.82) is 0 Å². The second-order valence-corrected chi connectivity index (χ2v) is 4.21. The van der Waals surface area contributed by atoms with E-state index in [2.05, 4.69) is 30.2 Å². The largest absolute Gasteiger partial charge is 0.451 e. The van der Waals surface area contributed by atoms with Gasteiger partial charge in [-0.3, -0.25) is 4.98 Å². The summed E-state index contributed by atoms with van der Waals surface area (Å²) >= 11 is 0. The predicted octanol–water partition coefficient (Wildman–Crippen LogP) is 2.38. The van der Waals surface area contributed by atoms with Crippen LogP contribution in [0.25, 0.3) is 11.2 Å². The van der Waals surface area contributed by atoms with Crippen LogP contribution in [0.5, 0.6) is 0 Å². The first-order chi connectivity index (χ1) is 10.0. The van der Waals surface area contributed by atoms with E-state index in [1.54, 1.807) is 24.5 Å². The molecular formula is C12H9F3N6. The minimum Gasteiger partial charge on any atom is -0.364 e. The summed E-state index contributed by atoms with van der Waals surface area (Å²) in [5.74, 6) is -1.18. The van der Waals surface area contributed by atoms with E-state index in [1.807, 2.05) is 0 Å². The lowest BCUT2D eigenvalue weighted by Crippen LogP contribution is -2.13. The fourth-order valence-corrected chi connectivity index (χ4v) is 1.78. The molecule has 0 amide bonds. The van der Waals surface area contributed by atoms with Gasteiger partial charge in [-0.1, -0.05) is 6.07 Å². The van der Waals surface area contributed by atoms with Crippen molar-refractivity contribution in [3.8, 4) is 0 Å². The Morgan fingerprint density at radius 1 is 1.24 bits per heavy atom. The number of nitrogens with zero attached hydrogens (tertiary/aromatic N) is 4. The van der Waals surface area contributed by atoms with Crippen LogP contribution in [0, 0.1) is 0 Å². The topological polar surface area (TPSA) is 79.4 Å². The van der Waals surface area contributed by atoms with Crippen LogP contribution in [-0.4, -0.2) is 24.9 Å². The molecule has 0 saturated heterocycles.